The molecule has 0 bridgehead atoms. The standard InChI is InChI=1S/C15H24N4O2/c1-2-18(9-10-20)15(21)17-12-13-5-6-16-14(11-13)19-7-3-4-8-19/h5-6,11,20H,2-4,7-10,12H2,1H3,(H,17,21). The molecule has 2 rings (SSSR count). The van der Waals surface area contributed by atoms with E-state index in [2.05, 4.69) is 15.2 Å². The van der Waals surface area contributed by atoms with Crippen LogP contribution in [0.5, 0.6) is 0 Å². The van der Waals surface area contributed by atoms with E-state index in [9.17, 15) is 4.79 Å². The van der Waals surface area contributed by atoms with Gasteiger partial charge in [0.25, 0.3) is 0 Å². The zero-order chi connectivity index (χ0) is 15.1. The van der Waals surface area contributed by atoms with Crippen LogP contribution in [0.2, 0.25) is 0 Å². The molecule has 1 aliphatic rings. The lowest BCUT2D eigenvalue weighted by Crippen LogP contribution is -2.41. The highest BCUT2D eigenvalue weighted by Gasteiger charge is 2.14. The van der Waals surface area contributed by atoms with Gasteiger partial charge in [0.15, 0.2) is 0 Å². The number of aromatic nitrogens is 1. The summed E-state index contributed by atoms with van der Waals surface area (Å²) in [6.07, 6.45) is 4.23. The molecule has 1 aromatic rings. The van der Waals surface area contributed by atoms with Gasteiger partial charge in [0.05, 0.1) is 6.61 Å². The molecule has 116 valence electrons. The second-order valence-corrected chi connectivity index (χ2v) is 5.18. The highest BCUT2D eigenvalue weighted by Crippen LogP contribution is 2.18. The summed E-state index contributed by atoms with van der Waals surface area (Å²) >= 11 is 0. The van der Waals surface area contributed by atoms with E-state index in [1.165, 1.54) is 12.8 Å². The Morgan fingerprint density at radius 2 is 2.24 bits per heavy atom. The van der Waals surface area contributed by atoms with Crippen molar-refractivity contribution in [3.8, 4) is 0 Å². The number of hydrogen-bond acceptors (Lipinski definition) is 4. The summed E-state index contributed by atoms with van der Waals surface area (Å²) in [6, 6.07) is 3.81. The van der Waals surface area contributed by atoms with Crippen molar-refractivity contribution in [2.24, 2.45) is 0 Å². The summed E-state index contributed by atoms with van der Waals surface area (Å²) in [4.78, 5) is 20.2. The quantitative estimate of drug-likeness (QED) is 0.827. The van der Waals surface area contributed by atoms with Crippen molar-refractivity contribution in [2.45, 2.75) is 26.3 Å². The molecular formula is C15H24N4O2. The van der Waals surface area contributed by atoms with Crippen molar-refractivity contribution in [1.29, 1.82) is 0 Å². The van der Waals surface area contributed by atoms with E-state index >= 15 is 0 Å². The summed E-state index contributed by atoms with van der Waals surface area (Å²) in [6.45, 7) is 5.41. The zero-order valence-electron chi connectivity index (χ0n) is 12.6. The smallest absolute Gasteiger partial charge is 0.317 e. The number of pyridine rings is 1. The minimum absolute atomic E-state index is 0.0182. The molecule has 0 radical (unpaired) electrons. The van der Waals surface area contributed by atoms with E-state index in [1.54, 1.807) is 11.1 Å². The maximum absolute atomic E-state index is 12.0. The molecule has 0 aromatic carbocycles. The largest absolute Gasteiger partial charge is 0.395 e. The van der Waals surface area contributed by atoms with Gasteiger partial charge in [-0.3, -0.25) is 0 Å². The predicted molar refractivity (Wildman–Crippen MR) is 82.3 cm³/mol. The molecule has 0 unspecified atom stereocenters. The van der Waals surface area contributed by atoms with Crippen molar-refractivity contribution < 1.29 is 9.90 Å². The van der Waals surface area contributed by atoms with Gasteiger partial charge >= 0.3 is 6.03 Å². The van der Waals surface area contributed by atoms with Gasteiger partial charge in [-0.25, -0.2) is 9.78 Å². The molecule has 2 N–H and O–H groups in total. The second-order valence-electron chi connectivity index (χ2n) is 5.18. The van der Waals surface area contributed by atoms with Crippen molar-refractivity contribution in [3.63, 3.8) is 0 Å². The number of carbonyl (C=O) groups excluding carboxylic acids is 1. The van der Waals surface area contributed by atoms with Gasteiger partial charge in [0.1, 0.15) is 5.82 Å². The lowest BCUT2D eigenvalue weighted by atomic mass is 10.2. The van der Waals surface area contributed by atoms with Gasteiger partial charge in [0, 0.05) is 38.9 Å². The van der Waals surface area contributed by atoms with Crippen LogP contribution in [-0.4, -0.2) is 53.8 Å². The molecular weight excluding hydrogens is 268 g/mol. The summed E-state index contributed by atoms with van der Waals surface area (Å²) < 4.78 is 0. The molecule has 0 spiro atoms. The van der Waals surface area contributed by atoms with E-state index in [-0.39, 0.29) is 12.6 Å². The summed E-state index contributed by atoms with van der Waals surface area (Å²) in [5.74, 6) is 0.988. The third-order valence-electron chi connectivity index (χ3n) is 3.72. The molecule has 2 heterocycles. The molecule has 21 heavy (non-hydrogen) atoms. The van der Waals surface area contributed by atoms with Crippen LogP contribution >= 0.6 is 0 Å². The molecule has 2 amide bonds. The topological polar surface area (TPSA) is 68.7 Å². The molecule has 6 heteroatoms. The Hall–Kier alpha value is -1.82. The van der Waals surface area contributed by atoms with Crippen LogP contribution < -0.4 is 10.2 Å². The molecule has 6 nitrogen and oxygen atoms in total. The maximum atomic E-state index is 12.0. The SMILES string of the molecule is CCN(CCO)C(=O)NCc1ccnc(N2CCCC2)c1. The van der Waals surface area contributed by atoms with E-state index in [4.69, 9.17) is 5.11 Å². The molecule has 0 atom stereocenters. The van der Waals surface area contributed by atoms with Crippen molar-refractivity contribution in [2.75, 3.05) is 37.7 Å². The van der Waals surface area contributed by atoms with Gasteiger partial charge in [-0.05, 0) is 37.5 Å². The number of aliphatic hydroxyl groups excluding tert-OH is 1. The summed E-state index contributed by atoms with van der Waals surface area (Å²) in [5.41, 5.74) is 1.04. The lowest BCUT2D eigenvalue weighted by Gasteiger charge is -2.20. The first-order valence-electron chi connectivity index (χ1n) is 7.58. The van der Waals surface area contributed by atoms with E-state index < -0.39 is 0 Å². The van der Waals surface area contributed by atoms with Gasteiger partial charge in [-0.2, -0.15) is 0 Å². The first-order valence-corrected chi connectivity index (χ1v) is 7.58. The summed E-state index contributed by atoms with van der Waals surface area (Å²) in [7, 11) is 0. The number of hydrogen-bond donors (Lipinski definition) is 2. The number of amides is 2. The Bertz CT molecular complexity index is 461. The molecule has 1 fully saturated rings. The number of likely N-dealkylation sites (N-methyl/N-ethyl adjacent to an activating group) is 1. The fourth-order valence-corrected chi connectivity index (χ4v) is 2.50. The Balaban J connectivity index is 1.90. The van der Waals surface area contributed by atoms with E-state index in [0.29, 0.717) is 19.6 Å². The Morgan fingerprint density at radius 1 is 1.48 bits per heavy atom. The average Bonchev–Trinajstić information content (AvgIpc) is 3.05. The predicted octanol–water partition coefficient (Wildman–Crippen LogP) is 1.21. The molecule has 1 aromatic heterocycles. The minimum Gasteiger partial charge on any atom is -0.395 e. The third-order valence-corrected chi connectivity index (χ3v) is 3.72. The summed E-state index contributed by atoms with van der Waals surface area (Å²) in [5, 5.41) is 11.8. The maximum Gasteiger partial charge on any atom is 0.317 e. The average molecular weight is 292 g/mol. The number of rotatable bonds is 6. The van der Waals surface area contributed by atoms with Gasteiger partial charge in [-0.15, -0.1) is 0 Å². The van der Waals surface area contributed by atoms with Crippen molar-refractivity contribution in [1.82, 2.24) is 15.2 Å². The number of anilines is 1. The Morgan fingerprint density at radius 3 is 2.90 bits per heavy atom. The number of nitrogens with one attached hydrogen (secondary N) is 1. The fraction of sp³-hybridized carbons (Fsp3) is 0.600. The number of urea groups is 1. The van der Waals surface area contributed by atoms with E-state index in [0.717, 1.165) is 24.5 Å². The second kappa shape index (κ2) is 7.83. The van der Waals surface area contributed by atoms with Crippen LogP contribution in [0.4, 0.5) is 10.6 Å². The van der Waals surface area contributed by atoms with Crippen LogP contribution in [0, 0.1) is 0 Å². The molecule has 1 saturated heterocycles. The monoisotopic (exact) mass is 292 g/mol. The van der Waals surface area contributed by atoms with Crippen molar-refractivity contribution >= 4 is 11.8 Å². The van der Waals surface area contributed by atoms with Crippen LogP contribution in [0.25, 0.3) is 0 Å². The van der Waals surface area contributed by atoms with Crippen LogP contribution in [0.15, 0.2) is 18.3 Å². The van der Waals surface area contributed by atoms with Crippen LogP contribution in [-0.2, 0) is 6.54 Å². The lowest BCUT2D eigenvalue weighted by molar-refractivity contribution is 0.180. The number of aliphatic hydroxyl groups is 1. The number of nitrogens with zero attached hydrogens (tertiary/aromatic N) is 3. The fourth-order valence-electron chi connectivity index (χ4n) is 2.50. The Labute approximate surface area is 125 Å². The van der Waals surface area contributed by atoms with Crippen LogP contribution in [0.3, 0.4) is 0 Å². The highest BCUT2D eigenvalue weighted by atomic mass is 16.3. The third kappa shape index (κ3) is 4.32. The van der Waals surface area contributed by atoms with Gasteiger partial charge in [-0.1, -0.05) is 0 Å². The van der Waals surface area contributed by atoms with Gasteiger partial charge < -0.3 is 20.2 Å². The molecule has 1 aliphatic heterocycles. The minimum atomic E-state index is -0.147. The first-order chi connectivity index (χ1) is 10.2. The molecule has 0 saturated carbocycles. The zero-order valence-corrected chi connectivity index (χ0v) is 12.6. The van der Waals surface area contributed by atoms with E-state index in [1.807, 2.05) is 19.1 Å². The highest BCUT2D eigenvalue weighted by molar-refractivity contribution is 5.74. The van der Waals surface area contributed by atoms with Crippen LogP contribution in [0.1, 0.15) is 25.3 Å². The normalized spacial score (nSPS) is 14.3. The van der Waals surface area contributed by atoms with Crippen molar-refractivity contribution in [3.05, 3.63) is 23.9 Å². The van der Waals surface area contributed by atoms with Gasteiger partial charge in [0.2, 0.25) is 0 Å². The Kier molecular flexibility index (Phi) is 5.80. The molecule has 0 aliphatic carbocycles. The number of carbonyl (C=O) groups is 1. The first kappa shape index (κ1) is 15.6.